The predicted molar refractivity (Wildman–Crippen MR) is 124 cm³/mol. The highest BCUT2D eigenvalue weighted by molar-refractivity contribution is 7.98. The SMILES string of the molecule is CN(C)S(=O)(=O)c1ccc(C(=O)Nc2c3c(nn2CC(=O)NC[C@@H]2CCCO2)CSC3)cc1. The number of hydrogen-bond donors (Lipinski definition) is 2. The number of carbonyl (C=O) groups is 2. The van der Waals surface area contributed by atoms with Crippen LogP contribution in [0.2, 0.25) is 0 Å². The van der Waals surface area contributed by atoms with Crippen LogP contribution in [-0.2, 0) is 37.6 Å². The van der Waals surface area contributed by atoms with Gasteiger partial charge in [0, 0.05) is 49.9 Å². The molecule has 3 heterocycles. The molecule has 0 radical (unpaired) electrons. The van der Waals surface area contributed by atoms with Gasteiger partial charge in [0.25, 0.3) is 5.91 Å². The number of benzene rings is 1. The Bertz CT molecular complexity index is 1140. The molecule has 2 amide bonds. The van der Waals surface area contributed by atoms with Crippen molar-refractivity contribution in [2.24, 2.45) is 0 Å². The summed E-state index contributed by atoms with van der Waals surface area (Å²) >= 11 is 1.69. The molecule has 2 aliphatic rings. The number of anilines is 1. The number of sulfonamides is 1. The van der Waals surface area contributed by atoms with E-state index in [-0.39, 0.29) is 23.5 Å². The molecule has 178 valence electrons. The third-order valence-electron chi connectivity index (χ3n) is 5.59. The lowest BCUT2D eigenvalue weighted by atomic mass is 10.2. The van der Waals surface area contributed by atoms with Gasteiger partial charge >= 0.3 is 0 Å². The monoisotopic (exact) mass is 493 g/mol. The Morgan fingerprint density at radius 2 is 2.00 bits per heavy atom. The van der Waals surface area contributed by atoms with Gasteiger partial charge in [-0.05, 0) is 37.1 Å². The molecule has 2 aromatic rings. The lowest BCUT2D eigenvalue weighted by molar-refractivity contribution is -0.122. The van der Waals surface area contributed by atoms with Crippen LogP contribution < -0.4 is 10.6 Å². The molecule has 2 aliphatic heterocycles. The molecule has 0 saturated carbocycles. The number of rotatable bonds is 8. The fraction of sp³-hybridized carbons (Fsp3) is 0.476. The van der Waals surface area contributed by atoms with E-state index in [1.54, 1.807) is 11.8 Å². The summed E-state index contributed by atoms with van der Waals surface area (Å²) in [6.45, 7) is 1.17. The topological polar surface area (TPSA) is 123 Å². The van der Waals surface area contributed by atoms with Gasteiger partial charge in [-0.3, -0.25) is 9.59 Å². The van der Waals surface area contributed by atoms with Crippen molar-refractivity contribution in [2.75, 3.05) is 32.6 Å². The number of aromatic nitrogens is 2. The molecule has 1 atom stereocenters. The second-order valence-corrected chi connectivity index (χ2v) is 11.3. The summed E-state index contributed by atoms with van der Waals surface area (Å²) in [5.41, 5.74) is 2.07. The molecule has 1 aromatic carbocycles. The van der Waals surface area contributed by atoms with Crippen molar-refractivity contribution in [1.82, 2.24) is 19.4 Å². The molecule has 4 rings (SSSR count). The Balaban J connectivity index is 1.47. The number of nitrogens with zero attached hydrogens (tertiary/aromatic N) is 3. The van der Waals surface area contributed by atoms with E-state index in [0.29, 0.717) is 23.7 Å². The Morgan fingerprint density at radius 1 is 1.24 bits per heavy atom. The Hall–Kier alpha value is -2.41. The summed E-state index contributed by atoms with van der Waals surface area (Å²) < 4.78 is 32.7. The van der Waals surface area contributed by atoms with E-state index in [9.17, 15) is 18.0 Å². The molecular formula is C21H27N5O5S2. The second-order valence-electron chi connectivity index (χ2n) is 8.13. The smallest absolute Gasteiger partial charge is 0.256 e. The highest BCUT2D eigenvalue weighted by Gasteiger charge is 2.26. The third-order valence-corrected chi connectivity index (χ3v) is 8.39. The Labute approximate surface area is 197 Å². The fourth-order valence-corrected chi connectivity index (χ4v) is 5.65. The van der Waals surface area contributed by atoms with Crippen molar-refractivity contribution < 1.29 is 22.7 Å². The van der Waals surface area contributed by atoms with E-state index < -0.39 is 15.9 Å². The zero-order valence-electron chi connectivity index (χ0n) is 18.5. The molecule has 2 N–H and O–H groups in total. The van der Waals surface area contributed by atoms with Crippen molar-refractivity contribution in [2.45, 2.75) is 41.9 Å². The molecule has 0 aliphatic carbocycles. The normalized spacial score (nSPS) is 17.8. The summed E-state index contributed by atoms with van der Waals surface area (Å²) in [4.78, 5) is 25.5. The zero-order valence-corrected chi connectivity index (χ0v) is 20.2. The molecule has 0 bridgehead atoms. The highest BCUT2D eigenvalue weighted by Crippen LogP contribution is 2.35. The van der Waals surface area contributed by atoms with Gasteiger partial charge in [0.2, 0.25) is 15.9 Å². The third kappa shape index (κ3) is 5.24. The van der Waals surface area contributed by atoms with Crippen LogP contribution >= 0.6 is 11.8 Å². The predicted octanol–water partition coefficient (Wildman–Crippen LogP) is 1.43. The molecule has 0 spiro atoms. The van der Waals surface area contributed by atoms with Gasteiger partial charge in [0.1, 0.15) is 12.4 Å². The van der Waals surface area contributed by atoms with E-state index in [0.717, 1.165) is 40.8 Å². The van der Waals surface area contributed by atoms with Crippen LogP contribution in [0.4, 0.5) is 5.82 Å². The number of fused-ring (bicyclic) bond motifs is 1. The van der Waals surface area contributed by atoms with Gasteiger partial charge in [-0.15, -0.1) is 0 Å². The van der Waals surface area contributed by atoms with Crippen molar-refractivity contribution in [3.63, 3.8) is 0 Å². The Morgan fingerprint density at radius 3 is 2.67 bits per heavy atom. The first-order chi connectivity index (χ1) is 15.8. The van der Waals surface area contributed by atoms with Gasteiger partial charge < -0.3 is 15.4 Å². The van der Waals surface area contributed by atoms with Crippen LogP contribution in [0.5, 0.6) is 0 Å². The number of nitrogens with one attached hydrogen (secondary N) is 2. The summed E-state index contributed by atoms with van der Waals surface area (Å²) in [6.07, 6.45) is 1.98. The van der Waals surface area contributed by atoms with Crippen LogP contribution in [0, 0.1) is 0 Å². The van der Waals surface area contributed by atoms with Gasteiger partial charge in [0.15, 0.2) is 0 Å². The molecular weight excluding hydrogens is 466 g/mol. The number of amides is 2. The second kappa shape index (κ2) is 9.84. The van der Waals surface area contributed by atoms with Crippen LogP contribution in [0.1, 0.15) is 34.5 Å². The molecule has 0 unspecified atom stereocenters. The van der Waals surface area contributed by atoms with Gasteiger partial charge in [-0.1, -0.05) is 0 Å². The number of hydrogen-bond acceptors (Lipinski definition) is 7. The first-order valence-electron chi connectivity index (χ1n) is 10.6. The van der Waals surface area contributed by atoms with E-state index in [4.69, 9.17) is 4.74 Å². The average Bonchev–Trinajstić information content (AvgIpc) is 3.52. The van der Waals surface area contributed by atoms with Gasteiger partial charge in [0.05, 0.1) is 16.7 Å². The molecule has 1 saturated heterocycles. The van der Waals surface area contributed by atoms with Crippen molar-refractivity contribution in [3.05, 3.63) is 41.1 Å². The standard InChI is InChI=1S/C21H27N5O5S2/c1-25(2)33(29,30)16-7-5-14(6-8-16)21(28)23-20-17-12-32-13-18(17)24-26(20)11-19(27)22-10-15-4-3-9-31-15/h5-8,15H,3-4,9-13H2,1-2H3,(H,22,27)(H,23,28)/t15-/m0/s1. The van der Waals surface area contributed by atoms with Crippen LogP contribution in [0.25, 0.3) is 0 Å². The Kier molecular flexibility index (Phi) is 7.07. The first kappa shape index (κ1) is 23.7. The van der Waals surface area contributed by atoms with E-state index in [1.807, 2.05) is 0 Å². The summed E-state index contributed by atoms with van der Waals surface area (Å²) in [5.74, 6) is 1.32. The minimum Gasteiger partial charge on any atom is -0.376 e. The molecule has 33 heavy (non-hydrogen) atoms. The van der Waals surface area contributed by atoms with Crippen molar-refractivity contribution in [3.8, 4) is 0 Å². The quantitative estimate of drug-likeness (QED) is 0.570. The molecule has 12 heteroatoms. The molecule has 1 fully saturated rings. The highest BCUT2D eigenvalue weighted by atomic mass is 32.2. The van der Waals surface area contributed by atoms with Crippen LogP contribution in [0.15, 0.2) is 29.2 Å². The van der Waals surface area contributed by atoms with E-state index in [1.165, 1.54) is 43.0 Å². The fourth-order valence-electron chi connectivity index (χ4n) is 3.71. The largest absolute Gasteiger partial charge is 0.376 e. The maximum Gasteiger partial charge on any atom is 0.256 e. The average molecular weight is 494 g/mol. The summed E-state index contributed by atoms with van der Waals surface area (Å²) in [5, 5.41) is 10.3. The van der Waals surface area contributed by atoms with Gasteiger partial charge in [-0.2, -0.15) is 16.9 Å². The number of thioether (sulfide) groups is 1. The van der Waals surface area contributed by atoms with Gasteiger partial charge in [-0.25, -0.2) is 17.4 Å². The molecule has 1 aromatic heterocycles. The van der Waals surface area contributed by atoms with E-state index >= 15 is 0 Å². The van der Waals surface area contributed by atoms with Crippen molar-refractivity contribution >= 4 is 39.4 Å². The van der Waals surface area contributed by atoms with Crippen LogP contribution in [-0.4, -0.2) is 67.7 Å². The maximum absolute atomic E-state index is 12.9. The zero-order chi connectivity index (χ0) is 23.6. The lowest BCUT2D eigenvalue weighted by Crippen LogP contribution is -2.34. The number of carbonyl (C=O) groups excluding carboxylic acids is 2. The maximum atomic E-state index is 12.9. The number of ether oxygens (including phenoxy) is 1. The minimum atomic E-state index is -3.58. The summed E-state index contributed by atoms with van der Waals surface area (Å²) in [7, 11) is -0.676. The lowest BCUT2D eigenvalue weighted by Gasteiger charge is -2.14. The minimum absolute atomic E-state index is 0.0139. The first-order valence-corrected chi connectivity index (χ1v) is 13.2. The van der Waals surface area contributed by atoms with Crippen LogP contribution in [0.3, 0.4) is 0 Å². The molecule has 10 nitrogen and oxygen atoms in total. The van der Waals surface area contributed by atoms with E-state index in [2.05, 4.69) is 15.7 Å². The summed E-state index contributed by atoms with van der Waals surface area (Å²) in [6, 6.07) is 5.74. The van der Waals surface area contributed by atoms with Crippen molar-refractivity contribution in [1.29, 1.82) is 0 Å².